The van der Waals surface area contributed by atoms with E-state index in [0.29, 0.717) is 19.5 Å². The Balaban J connectivity index is 1.54. The molecule has 1 heterocycles. The molecule has 2 rings (SSSR count). The third-order valence-corrected chi connectivity index (χ3v) is 6.75. The van der Waals surface area contributed by atoms with Crippen molar-refractivity contribution in [2.75, 3.05) is 19.7 Å². The Morgan fingerprint density at radius 2 is 1.83 bits per heavy atom. The summed E-state index contributed by atoms with van der Waals surface area (Å²) in [5, 5.41) is 2.48. The van der Waals surface area contributed by atoms with E-state index in [1.165, 1.54) is 4.90 Å². The van der Waals surface area contributed by atoms with Gasteiger partial charge in [-0.1, -0.05) is 12.8 Å². The summed E-state index contributed by atoms with van der Waals surface area (Å²) >= 11 is 8.52. The average Bonchev–Trinajstić information content (AvgIpc) is 2.89. The van der Waals surface area contributed by atoms with Gasteiger partial charge in [0, 0.05) is 25.4 Å². The minimum atomic E-state index is -3.54. The number of carbonyl (C=O) groups is 3. The smallest absolute Gasteiger partial charge is 0.321 e. The van der Waals surface area contributed by atoms with Crippen molar-refractivity contribution in [3.63, 3.8) is 0 Å². The summed E-state index contributed by atoms with van der Waals surface area (Å²) in [5.41, 5.74) is 0. The quantitative estimate of drug-likeness (QED) is 0.159. The van der Waals surface area contributed by atoms with E-state index in [1.807, 2.05) is 0 Å². The monoisotopic (exact) mass is 466 g/mol. The number of likely N-dealkylation sites (tertiary alicyclic amines) is 1. The van der Waals surface area contributed by atoms with E-state index in [2.05, 4.69) is 29.8 Å². The van der Waals surface area contributed by atoms with E-state index in [4.69, 9.17) is 14.3 Å². The molecule has 0 aromatic rings. The Kier molecular flexibility index (Phi) is 10.0. The lowest BCUT2D eigenvalue weighted by molar-refractivity contribution is -0.139. The van der Waals surface area contributed by atoms with Gasteiger partial charge in [-0.2, -0.15) is 12.6 Å². The van der Waals surface area contributed by atoms with Gasteiger partial charge in [0.25, 0.3) is 0 Å². The van der Waals surface area contributed by atoms with Gasteiger partial charge in [-0.25, -0.2) is 0 Å². The molecule has 0 bridgehead atoms. The molecular weight excluding hydrogens is 435 g/mol. The Bertz CT molecular complexity index is 636. The topological polar surface area (TPSA) is 116 Å². The van der Waals surface area contributed by atoms with Crippen molar-refractivity contribution in [1.29, 1.82) is 0 Å². The maximum Gasteiger partial charge on any atom is 0.321 e. The maximum absolute atomic E-state index is 12.3. The van der Waals surface area contributed by atoms with Gasteiger partial charge in [0.15, 0.2) is 0 Å². The first-order chi connectivity index (χ1) is 13.7. The highest BCUT2D eigenvalue weighted by Crippen LogP contribution is 2.36. The van der Waals surface area contributed by atoms with Crippen LogP contribution in [-0.4, -0.2) is 57.4 Å². The zero-order valence-electron chi connectivity index (χ0n) is 16.5. The van der Waals surface area contributed by atoms with Crippen molar-refractivity contribution in [3.8, 4) is 0 Å². The molecule has 0 aromatic carbocycles. The third-order valence-electron chi connectivity index (χ3n) is 5.51. The maximum atomic E-state index is 12.3. The number of amides is 3. The number of hydrogen-bond donors (Lipinski definition) is 4. The number of hydrogen-bond acceptors (Lipinski definition) is 6. The molecule has 11 heteroatoms. The molecule has 1 unspecified atom stereocenters. The largest absolute Gasteiger partial charge is 0.356 e. The van der Waals surface area contributed by atoms with Crippen LogP contribution in [0.2, 0.25) is 0 Å². The first kappa shape index (κ1) is 24.8. The van der Waals surface area contributed by atoms with Gasteiger partial charge in [-0.15, -0.1) is 0 Å². The van der Waals surface area contributed by atoms with Crippen molar-refractivity contribution in [2.45, 2.75) is 63.0 Å². The first-order valence-corrected chi connectivity index (χ1v) is 13.3. The molecule has 1 atom stereocenters. The molecule has 0 spiro atoms. The molecular formula is C18H31N2O6PS2. The van der Waals surface area contributed by atoms with Crippen LogP contribution in [0, 0.1) is 11.8 Å². The zero-order valence-corrected chi connectivity index (χ0v) is 19.1. The van der Waals surface area contributed by atoms with Crippen LogP contribution >= 0.6 is 19.3 Å². The van der Waals surface area contributed by atoms with E-state index in [0.717, 1.165) is 44.9 Å². The van der Waals surface area contributed by atoms with Crippen molar-refractivity contribution in [1.82, 2.24) is 10.2 Å². The molecule has 166 valence electrons. The first-order valence-electron chi connectivity index (χ1n) is 10.2. The van der Waals surface area contributed by atoms with Gasteiger partial charge >= 0.3 is 6.72 Å². The van der Waals surface area contributed by atoms with E-state index in [1.54, 1.807) is 0 Å². The highest BCUT2D eigenvalue weighted by atomic mass is 32.5. The van der Waals surface area contributed by atoms with Gasteiger partial charge in [0.1, 0.15) is 0 Å². The predicted molar refractivity (Wildman–Crippen MR) is 116 cm³/mol. The van der Waals surface area contributed by atoms with Crippen LogP contribution in [0.3, 0.4) is 0 Å². The molecule has 3 amide bonds. The second-order valence-electron chi connectivity index (χ2n) is 7.81. The van der Waals surface area contributed by atoms with Crippen molar-refractivity contribution >= 4 is 48.9 Å². The number of thiol groups is 1. The summed E-state index contributed by atoms with van der Waals surface area (Å²) in [6.45, 7) is -2.23. The average molecular weight is 467 g/mol. The van der Waals surface area contributed by atoms with Crippen LogP contribution in [0.25, 0.3) is 0 Å². The van der Waals surface area contributed by atoms with E-state index >= 15 is 0 Å². The molecule has 1 saturated heterocycles. The number of nitrogens with one attached hydrogen (secondary N) is 1. The fourth-order valence-corrected chi connectivity index (χ4v) is 4.73. The molecule has 1 aliphatic heterocycles. The van der Waals surface area contributed by atoms with Crippen LogP contribution in [0.15, 0.2) is 0 Å². The fourth-order valence-electron chi connectivity index (χ4n) is 3.84. The molecule has 8 nitrogen and oxygen atoms in total. The highest BCUT2D eigenvalue weighted by Gasteiger charge is 2.38. The van der Waals surface area contributed by atoms with Crippen LogP contribution in [0.5, 0.6) is 0 Å². The van der Waals surface area contributed by atoms with Gasteiger partial charge in [0.2, 0.25) is 17.7 Å². The molecule has 2 aliphatic rings. The SMILES string of the molecule is O=C(NCCCCCCOP(O)(O)=S)C1CCC(CN2C(=O)CC(S)C2=O)CC1. The molecule has 0 radical (unpaired) electrons. The van der Waals surface area contributed by atoms with Crippen LogP contribution in [0.1, 0.15) is 57.8 Å². The summed E-state index contributed by atoms with van der Waals surface area (Å²) in [5.74, 6) is 0.0149. The fraction of sp³-hybridized carbons (Fsp3) is 0.833. The number of unbranched alkanes of at least 4 members (excludes halogenated alkanes) is 3. The third kappa shape index (κ3) is 8.63. The number of rotatable bonds is 11. The Labute approximate surface area is 182 Å². The van der Waals surface area contributed by atoms with E-state index in [9.17, 15) is 14.4 Å². The van der Waals surface area contributed by atoms with Crippen molar-refractivity contribution in [2.24, 2.45) is 11.8 Å². The van der Waals surface area contributed by atoms with E-state index in [-0.39, 0.29) is 42.6 Å². The normalized spacial score (nSPS) is 25.5. The van der Waals surface area contributed by atoms with Gasteiger partial charge < -0.3 is 19.6 Å². The second kappa shape index (κ2) is 11.8. The number of carbonyl (C=O) groups excluding carboxylic acids is 3. The van der Waals surface area contributed by atoms with Crippen LogP contribution < -0.4 is 5.32 Å². The Hall–Kier alpha value is -0.510. The minimum absolute atomic E-state index is 0.000473. The van der Waals surface area contributed by atoms with Gasteiger partial charge in [-0.3, -0.25) is 19.3 Å². The Morgan fingerprint density at radius 1 is 1.17 bits per heavy atom. The lowest BCUT2D eigenvalue weighted by atomic mass is 9.81. The number of imide groups is 1. The molecule has 1 aliphatic carbocycles. The lowest BCUT2D eigenvalue weighted by Crippen LogP contribution is -2.38. The van der Waals surface area contributed by atoms with Crippen LogP contribution in [-0.2, 0) is 30.7 Å². The van der Waals surface area contributed by atoms with Gasteiger partial charge in [0.05, 0.1) is 11.9 Å². The molecule has 1 saturated carbocycles. The van der Waals surface area contributed by atoms with Crippen molar-refractivity contribution in [3.05, 3.63) is 0 Å². The van der Waals surface area contributed by atoms with E-state index < -0.39 is 12.0 Å². The minimum Gasteiger partial charge on any atom is -0.356 e. The highest BCUT2D eigenvalue weighted by molar-refractivity contribution is 8.06. The van der Waals surface area contributed by atoms with Crippen molar-refractivity contribution < 1.29 is 28.7 Å². The lowest BCUT2D eigenvalue weighted by Gasteiger charge is -2.30. The molecule has 2 fully saturated rings. The summed E-state index contributed by atoms with van der Waals surface area (Å²) < 4.78 is 4.74. The van der Waals surface area contributed by atoms with Gasteiger partial charge in [-0.05, 0) is 56.2 Å². The standard InChI is InChI=1S/C18H31N2O6PS2/c21-16-11-15(28)18(23)20(16)12-13-5-7-14(8-6-13)17(22)19-9-3-1-2-4-10-26-27(24,25)29/h13-15,28H,1-12H2,(H,19,22)(H2,24,25,29). The van der Waals surface area contributed by atoms with Crippen LogP contribution in [0.4, 0.5) is 0 Å². The molecule has 0 aromatic heterocycles. The summed E-state index contributed by atoms with van der Waals surface area (Å²) in [6.07, 6.45) is 6.78. The zero-order chi connectivity index (χ0) is 21.4. The number of nitrogens with zero attached hydrogens (tertiary/aromatic N) is 1. The molecule has 29 heavy (non-hydrogen) atoms. The predicted octanol–water partition coefficient (Wildman–Crippen LogP) is 1.75. The summed E-state index contributed by atoms with van der Waals surface area (Å²) in [7, 11) is 0. The second-order valence-corrected chi connectivity index (χ2v) is 11.1. The summed E-state index contributed by atoms with van der Waals surface area (Å²) in [6, 6.07) is 0. The Morgan fingerprint density at radius 3 is 2.41 bits per heavy atom. The molecule has 3 N–H and O–H groups in total. The summed E-state index contributed by atoms with van der Waals surface area (Å²) in [4.78, 5) is 55.4.